The van der Waals surface area contributed by atoms with Crippen molar-refractivity contribution in [2.24, 2.45) is 5.41 Å². The average Bonchev–Trinajstić information content (AvgIpc) is 3.45. The molecule has 3 saturated heterocycles. The van der Waals surface area contributed by atoms with Crippen LogP contribution in [0.3, 0.4) is 0 Å². The summed E-state index contributed by atoms with van der Waals surface area (Å²) in [6.07, 6.45) is 0.198. The van der Waals surface area contributed by atoms with Gasteiger partial charge in [-0.05, 0) is 44.2 Å². The highest BCUT2D eigenvalue weighted by molar-refractivity contribution is 5.99. The molecule has 1 amide bonds. The molecular formula is C23H22F5N7O. The molecule has 6 rings (SSSR count). The third kappa shape index (κ3) is 3.66. The third-order valence-corrected chi connectivity index (χ3v) is 7.65. The van der Waals surface area contributed by atoms with E-state index < -0.39 is 30.1 Å². The molecule has 6 heterocycles. The minimum absolute atomic E-state index is 0.0198. The summed E-state index contributed by atoms with van der Waals surface area (Å²) in [4.78, 5) is 30.1. The van der Waals surface area contributed by atoms with Crippen LogP contribution in [0.1, 0.15) is 37.7 Å². The van der Waals surface area contributed by atoms with E-state index in [9.17, 15) is 26.7 Å². The molecule has 0 saturated carbocycles. The van der Waals surface area contributed by atoms with Gasteiger partial charge in [0, 0.05) is 24.8 Å². The van der Waals surface area contributed by atoms with Gasteiger partial charge in [0.2, 0.25) is 5.91 Å². The van der Waals surface area contributed by atoms with Crippen molar-refractivity contribution in [3.8, 4) is 0 Å². The molecule has 0 aliphatic carbocycles. The predicted octanol–water partition coefficient (Wildman–Crippen LogP) is 4.06. The summed E-state index contributed by atoms with van der Waals surface area (Å²) in [5, 5.41) is 3.97. The van der Waals surface area contributed by atoms with Crippen LogP contribution in [0.2, 0.25) is 0 Å². The van der Waals surface area contributed by atoms with Gasteiger partial charge < -0.3 is 4.90 Å². The molecule has 2 unspecified atom stereocenters. The molecule has 0 radical (unpaired) electrons. The van der Waals surface area contributed by atoms with Gasteiger partial charge in [0.1, 0.15) is 23.7 Å². The number of hydrogen-bond acceptors (Lipinski definition) is 6. The largest absolute Gasteiger partial charge is 0.417 e. The lowest BCUT2D eigenvalue weighted by atomic mass is 9.73. The number of rotatable bonds is 4. The minimum atomic E-state index is -4.49. The van der Waals surface area contributed by atoms with Gasteiger partial charge in [-0.15, -0.1) is 0 Å². The lowest BCUT2D eigenvalue weighted by Crippen LogP contribution is -2.51. The Morgan fingerprint density at radius 3 is 2.42 bits per heavy atom. The van der Waals surface area contributed by atoms with Gasteiger partial charge in [-0.2, -0.15) is 18.3 Å². The second kappa shape index (κ2) is 8.07. The van der Waals surface area contributed by atoms with Gasteiger partial charge in [0.25, 0.3) is 6.43 Å². The van der Waals surface area contributed by atoms with E-state index in [4.69, 9.17) is 0 Å². The number of aromatic nitrogens is 5. The molecule has 36 heavy (non-hydrogen) atoms. The Bertz CT molecular complexity index is 1290. The Morgan fingerprint density at radius 1 is 1.03 bits per heavy atom. The van der Waals surface area contributed by atoms with Crippen LogP contribution < -0.4 is 9.80 Å². The highest BCUT2D eigenvalue weighted by Gasteiger charge is 2.56. The van der Waals surface area contributed by atoms with Crippen molar-refractivity contribution in [2.75, 3.05) is 16.3 Å². The summed E-state index contributed by atoms with van der Waals surface area (Å²) < 4.78 is 65.7. The summed E-state index contributed by atoms with van der Waals surface area (Å²) >= 11 is 0. The normalized spacial score (nSPS) is 26.2. The molecule has 3 fully saturated rings. The maximum atomic E-state index is 13.5. The fraction of sp³-hybridized carbons (Fsp3) is 0.522. The first-order chi connectivity index (χ1) is 17.1. The number of piperidine rings is 1. The van der Waals surface area contributed by atoms with Gasteiger partial charge in [-0.3, -0.25) is 9.69 Å². The molecule has 13 heteroatoms. The molecule has 8 nitrogen and oxygen atoms in total. The molecule has 2 atom stereocenters. The molecule has 3 aliphatic heterocycles. The van der Waals surface area contributed by atoms with E-state index in [1.165, 1.54) is 17.2 Å². The molecule has 3 aromatic rings. The lowest BCUT2D eigenvalue weighted by Gasteiger charge is -2.44. The van der Waals surface area contributed by atoms with Crippen LogP contribution in [0.5, 0.6) is 0 Å². The number of alkyl halides is 5. The van der Waals surface area contributed by atoms with E-state index in [1.54, 1.807) is 6.20 Å². The van der Waals surface area contributed by atoms with Crippen molar-refractivity contribution in [3.63, 3.8) is 0 Å². The van der Waals surface area contributed by atoms with Crippen LogP contribution in [0, 0.1) is 5.41 Å². The first kappa shape index (κ1) is 23.0. The minimum Gasteiger partial charge on any atom is -0.349 e. The molecule has 190 valence electrons. The second-order valence-electron chi connectivity index (χ2n) is 9.75. The Labute approximate surface area is 202 Å². The molecule has 3 aliphatic rings. The van der Waals surface area contributed by atoms with E-state index in [2.05, 4.69) is 25.0 Å². The second-order valence-corrected chi connectivity index (χ2v) is 9.75. The van der Waals surface area contributed by atoms with E-state index in [1.807, 2.05) is 0 Å². The highest BCUT2D eigenvalue weighted by Crippen LogP contribution is 2.52. The van der Waals surface area contributed by atoms with Crippen LogP contribution in [-0.2, 0) is 17.5 Å². The van der Waals surface area contributed by atoms with Crippen molar-refractivity contribution in [1.29, 1.82) is 0 Å². The molecule has 3 aromatic heterocycles. The monoisotopic (exact) mass is 507 g/mol. The topological polar surface area (TPSA) is 80.0 Å². The van der Waals surface area contributed by atoms with E-state index in [0.29, 0.717) is 42.8 Å². The molecule has 0 aromatic carbocycles. The van der Waals surface area contributed by atoms with Crippen molar-refractivity contribution >= 4 is 28.7 Å². The Morgan fingerprint density at radius 2 is 1.78 bits per heavy atom. The van der Waals surface area contributed by atoms with Gasteiger partial charge in [-0.1, -0.05) is 0 Å². The maximum absolute atomic E-state index is 13.5. The van der Waals surface area contributed by atoms with Gasteiger partial charge in [0.15, 0.2) is 5.65 Å². The van der Waals surface area contributed by atoms with Crippen molar-refractivity contribution < 1.29 is 26.7 Å². The highest BCUT2D eigenvalue weighted by atomic mass is 19.4. The third-order valence-electron chi connectivity index (χ3n) is 7.65. The standard InChI is InChI=1S/C23H22F5N7O/c24-17(25)12-34-20-16(10-31-34)29-11-19(32-20)35-14-2-3-15(35)8-22(7-14)5-6-33(21(22)36)18-4-1-13(9-30-18)23(26,27)28/h1,4,9-11,14-15,17H,2-3,5-8,12H2. The zero-order valence-corrected chi connectivity index (χ0v) is 19.0. The SMILES string of the molecule is O=C1N(c2ccc(C(F)(F)F)cn2)CCC12CC1CCC(C2)N1c1cnc2cnn(CC(F)F)c2n1. The van der Waals surface area contributed by atoms with E-state index in [0.717, 1.165) is 29.8 Å². The zero-order valence-electron chi connectivity index (χ0n) is 19.0. The summed E-state index contributed by atoms with van der Waals surface area (Å²) in [6.45, 7) is -0.171. The first-order valence-electron chi connectivity index (χ1n) is 11.7. The lowest BCUT2D eigenvalue weighted by molar-refractivity contribution is -0.137. The van der Waals surface area contributed by atoms with E-state index in [-0.39, 0.29) is 23.8 Å². The Balaban J connectivity index is 1.23. The smallest absolute Gasteiger partial charge is 0.349 e. The molecular weight excluding hydrogens is 485 g/mol. The van der Waals surface area contributed by atoms with Gasteiger partial charge in [-0.25, -0.2) is 28.4 Å². The Hall–Kier alpha value is -3.38. The number of halogens is 5. The summed E-state index contributed by atoms with van der Waals surface area (Å²) in [7, 11) is 0. The van der Waals surface area contributed by atoms with E-state index >= 15 is 0 Å². The van der Waals surface area contributed by atoms with Gasteiger partial charge in [0.05, 0.1) is 23.4 Å². The number of pyridine rings is 1. The molecule has 0 N–H and O–H groups in total. The number of amides is 1. The fourth-order valence-corrected chi connectivity index (χ4v) is 6.08. The number of nitrogens with zero attached hydrogens (tertiary/aromatic N) is 7. The van der Waals surface area contributed by atoms with Crippen molar-refractivity contribution in [1.82, 2.24) is 24.7 Å². The molecule has 2 bridgehead atoms. The Kier molecular flexibility index (Phi) is 5.16. The number of hydrogen-bond donors (Lipinski definition) is 0. The predicted molar refractivity (Wildman–Crippen MR) is 118 cm³/mol. The molecule has 1 spiro atoms. The average molecular weight is 507 g/mol. The quantitative estimate of drug-likeness (QED) is 0.496. The van der Waals surface area contributed by atoms with Crippen LogP contribution >= 0.6 is 0 Å². The van der Waals surface area contributed by atoms with Crippen LogP contribution in [0.25, 0.3) is 11.2 Å². The first-order valence-corrected chi connectivity index (χ1v) is 11.7. The number of carbonyl (C=O) groups is 1. The zero-order chi connectivity index (χ0) is 25.2. The van der Waals surface area contributed by atoms with Crippen LogP contribution in [0.15, 0.2) is 30.7 Å². The summed E-state index contributed by atoms with van der Waals surface area (Å²) in [6, 6.07) is 2.23. The van der Waals surface area contributed by atoms with Crippen molar-refractivity contribution in [3.05, 3.63) is 36.3 Å². The summed E-state index contributed by atoms with van der Waals surface area (Å²) in [5.74, 6) is 0.693. The van der Waals surface area contributed by atoms with Crippen LogP contribution in [0.4, 0.5) is 33.6 Å². The number of fused-ring (bicyclic) bond motifs is 3. The fourth-order valence-electron chi connectivity index (χ4n) is 6.08. The van der Waals surface area contributed by atoms with Crippen LogP contribution in [-0.4, -0.2) is 55.7 Å². The number of anilines is 2. The summed E-state index contributed by atoms with van der Waals surface area (Å²) in [5.41, 5.74) is -0.733. The van der Waals surface area contributed by atoms with Crippen molar-refractivity contribution in [2.45, 2.75) is 63.3 Å². The number of carbonyl (C=O) groups excluding carboxylic acids is 1. The van der Waals surface area contributed by atoms with Gasteiger partial charge >= 0.3 is 6.18 Å². The maximum Gasteiger partial charge on any atom is 0.417 e.